The SMILES string of the molecule is CCOC(=O)[C@@H]1CSCN1C(=O)[C@@H]1CCCN1C(=O)OC(C)(C)C. The van der Waals surface area contributed by atoms with Crippen molar-refractivity contribution in [2.45, 2.75) is 58.2 Å². The number of nitrogens with zero attached hydrogens (tertiary/aromatic N) is 2. The minimum absolute atomic E-state index is 0.193. The maximum Gasteiger partial charge on any atom is 0.410 e. The van der Waals surface area contributed by atoms with Crippen LogP contribution in [0.15, 0.2) is 0 Å². The van der Waals surface area contributed by atoms with Crippen LogP contribution in [-0.2, 0) is 19.1 Å². The molecule has 2 atom stereocenters. The van der Waals surface area contributed by atoms with Gasteiger partial charge in [-0.2, -0.15) is 0 Å². The summed E-state index contributed by atoms with van der Waals surface area (Å²) in [7, 11) is 0. The molecule has 0 aromatic heterocycles. The van der Waals surface area contributed by atoms with Crippen molar-refractivity contribution < 1.29 is 23.9 Å². The van der Waals surface area contributed by atoms with Crippen LogP contribution in [0.4, 0.5) is 4.79 Å². The summed E-state index contributed by atoms with van der Waals surface area (Å²) >= 11 is 1.52. The molecule has 0 aliphatic carbocycles. The molecule has 0 bridgehead atoms. The molecule has 24 heavy (non-hydrogen) atoms. The maximum atomic E-state index is 12.9. The number of hydrogen-bond donors (Lipinski definition) is 0. The van der Waals surface area contributed by atoms with Crippen molar-refractivity contribution in [1.29, 1.82) is 0 Å². The Morgan fingerprint density at radius 1 is 1.17 bits per heavy atom. The summed E-state index contributed by atoms with van der Waals surface area (Å²) in [6, 6.07) is -1.13. The molecular formula is C16H26N2O5S. The fraction of sp³-hybridized carbons (Fsp3) is 0.812. The maximum absolute atomic E-state index is 12.9. The average molecular weight is 358 g/mol. The second kappa shape index (κ2) is 7.63. The van der Waals surface area contributed by atoms with Gasteiger partial charge in [0, 0.05) is 12.3 Å². The fourth-order valence-corrected chi connectivity index (χ4v) is 4.00. The molecule has 2 aliphatic heterocycles. The lowest BCUT2D eigenvalue weighted by Crippen LogP contribution is -2.52. The molecule has 0 unspecified atom stereocenters. The zero-order valence-electron chi connectivity index (χ0n) is 14.7. The zero-order chi connectivity index (χ0) is 17.9. The Bertz CT molecular complexity index is 505. The number of amides is 2. The van der Waals surface area contributed by atoms with E-state index in [1.54, 1.807) is 27.7 Å². The van der Waals surface area contributed by atoms with Gasteiger partial charge >= 0.3 is 12.1 Å². The second-order valence-electron chi connectivity index (χ2n) is 6.91. The largest absolute Gasteiger partial charge is 0.464 e. The van der Waals surface area contributed by atoms with Crippen LogP contribution in [-0.4, -0.2) is 70.2 Å². The minimum Gasteiger partial charge on any atom is -0.464 e. The van der Waals surface area contributed by atoms with Gasteiger partial charge in [-0.3, -0.25) is 9.69 Å². The molecular weight excluding hydrogens is 332 g/mol. The molecule has 0 radical (unpaired) electrons. The highest BCUT2D eigenvalue weighted by molar-refractivity contribution is 7.99. The Kier molecular flexibility index (Phi) is 6.01. The first kappa shape index (κ1) is 18.9. The highest BCUT2D eigenvalue weighted by atomic mass is 32.2. The molecule has 2 amide bonds. The number of esters is 1. The van der Waals surface area contributed by atoms with Gasteiger partial charge in [0.25, 0.3) is 0 Å². The van der Waals surface area contributed by atoms with Crippen molar-refractivity contribution in [3.8, 4) is 0 Å². The van der Waals surface area contributed by atoms with Crippen LogP contribution in [0, 0.1) is 0 Å². The van der Waals surface area contributed by atoms with Crippen LogP contribution in [0.3, 0.4) is 0 Å². The molecule has 0 aromatic carbocycles. The summed E-state index contributed by atoms with van der Waals surface area (Å²) in [6.45, 7) is 7.92. The van der Waals surface area contributed by atoms with Gasteiger partial charge in [0.2, 0.25) is 5.91 Å². The summed E-state index contributed by atoms with van der Waals surface area (Å²) in [4.78, 5) is 40.3. The lowest BCUT2D eigenvalue weighted by Gasteiger charge is -2.31. The monoisotopic (exact) mass is 358 g/mol. The molecule has 0 aromatic rings. The van der Waals surface area contributed by atoms with Gasteiger partial charge in [-0.15, -0.1) is 11.8 Å². The molecule has 2 rings (SSSR count). The van der Waals surface area contributed by atoms with Crippen LogP contribution in [0.5, 0.6) is 0 Å². The van der Waals surface area contributed by atoms with Gasteiger partial charge in [0.15, 0.2) is 0 Å². The standard InChI is InChI=1S/C16H26N2O5S/c1-5-22-14(20)12-9-24-10-18(12)13(19)11-7-6-8-17(11)15(21)23-16(2,3)4/h11-12H,5-10H2,1-4H3/t11-,12-/m0/s1. The Morgan fingerprint density at radius 3 is 2.50 bits per heavy atom. The highest BCUT2D eigenvalue weighted by Gasteiger charge is 2.43. The number of carbonyl (C=O) groups excluding carboxylic acids is 3. The zero-order valence-corrected chi connectivity index (χ0v) is 15.6. The third-order valence-corrected chi connectivity index (χ3v) is 4.90. The molecule has 2 aliphatic rings. The van der Waals surface area contributed by atoms with Crippen LogP contribution in [0.1, 0.15) is 40.5 Å². The van der Waals surface area contributed by atoms with Crippen molar-refractivity contribution in [3.05, 3.63) is 0 Å². The summed E-state index contributed by atoms with van der Waals surface area (Å²) in [6.07, 6.45) is 0.869. The third-order valence-electron chi connectivity index (χ3n) is 3.89. The summed E-state index contributed by atoms with van der Waals surface area (Å²) in [5.41, 5.74) is -0.607. The van der Waals surface area contributed by atoms with Crippen LogP contribution in [0.2, 0.25) is 0 Å². The fourth-order valence-electron chi connectivity index (χ4n) is 2.85. The smallest absolute Gasteiger partial charge is 0.410 e. The quantitative estimate of drug-likeness (QED) is 0.717. The van der Waals surface area contributed by atoms with Crippen molar-refractivity contribution in [2.75, 3.05) is 24.8 Å². The summed E-state index contributed by atoms with van der Waals surface area (Å²) in [5, 5.41) is 0. The molecule has 0 spiro atoms. The van der Waals surface area contributed by atoms with E-state index in [2.05, 4.69) is 0 Å². The first-order valence-corrected chi connectivity index (χ1v) is 9.44. The van der Waals surface area contributed by atoms with E-state index >= 15 is 0 Å². The Hall–Kier alpha value is -1.44. The summed E-state index contributed by atoms with van der Waals surface area (Å²) < 4.78 is 10.5. The molecule has 8 heteroatoms. The van der Waals surface area contributed by atoms with E-state index in [4.69, 9.17) is 9.47 Å². The third kappa shape index (κ3) is 4.34. The van der Waals surface area contributed by atoms with Crippen molar-refractivity contribution in [1.82, 2.24) is 9.80 Å². The number of rotatable bonds is 3. The molecule has 0 N–H and O–H groups in total. The van der Waals surface area contributed by atoms with Gasteiger partial charge in [-0.1, -0.05) is 0 Å². The van der Waals surface area contributed by atoms with E-state index in [-0.39, 0.29) is 18.5 Å². The van der Waals surface area contributed by atoms with Crippen molar-refractivity contribution in [3.63, 3.8) is 0 Å². The highest BCUT2D eigenvalue weighted by Crippen LogP contribution is 2.28. The van der Waals surface area contributed by atoms with Gasteiger partial charge in [0.1, 0.15) is 17.7 Å². The Morgan fingerprint density at radius 2 is 1.88 bits per heavy atom. The molecule has 0 saturated carbocycles. The first-order valence-electron chi connectivity index (χ1n) is 8.29. The van der Waals surface area contributed by atoms with Crippen molar-refractivity contribution >= 4 is 29.7 Å². The molecule has 7 nitrogen and oxygen atoms in total. The van der Waals surface area contributed by atoms with E-state index in [0.29, 0.717) is 24.6 Å². The van der Waals surface area contributed by atoms with Gasteiger partial charge < -0.3 is 14.4 Å². The lowest BCUT2D eigenvalue weighted by molar-refractivity contribution is -0.153. The first-order chi connectivity index (χ1) is 11.2. The Labute approximate surface area is 147 Å². The van der Waals surface area contributed by atoms with E-state index in [0.717, 1.165) is 6.42 Å². The number of thioether (sulfide) groups is 1. The minimum atomic E-state index is -0.607. The molecule has 2 fully saturated rings. The van der Waals surface area contributed by atoms with E-state index in [1.165, 1.54) is 21.6 Å². The molecule has 136 valence electrons. The average Bonchev–Trinajstić information content (AvgIpc) is 3.14. The van der Waals surface area contributed by atoms with Crippen LogP contribution >= 0.6 is 11.8 Å². The Balaban J connectivity index is 2.07. The van der Waals surface area contributed by atoms with Crippen LogP contribution in [0.25, 0.3) is 0 Å². The number of hydrogen-bond acceptors (Lipinski definition) is 6. The van der Waals surface area contributed by atoms with Gasteiger partial charge in [-0.25, -0.2) is 9.59 Å². The normalized spacial score (nSPS) is 24.2. The van der Waals surface area contributed by atoms with Gasteiger partial charge in [0.05, 0.1) is 12.5 Å². The number of likely N-dealkylation sites (tertiary alicyclic amines) is 1. The predicted octanol–water partition coefficient (Wildman–Crippen LogP) is 1.85. The van der Waals surface area contributed by atoms with Crippen LogP contribution < -0.4 is 0 Å². The second-order valence-corrected chi connectivity index (χ2v) is 7.91. The summed E-state index contributed by atoms with van der Waals surface area (Å²) in [5.74, 6) is 0.407. The number of ether oxygens (including phenoxy) is 2. The predicted molar refractivity (Wildman–Crippen MR) is 90.6 cm³/mol. The lowest BCUT2D eigenvalue weighted by atomic mass is 10.1. The van der Waals surface area contributed by atoms with Crippen molar-refractivity contribution in [2.24, 2.45) is 0 Å². The molecule has 2 saturated heterocycles. The van der Waals surface area contributed by atoms with E-state index in [1.807, 2.05) is 0 Å². The van der Waals surface area contributed by atoms with Gasteiger partial charge in [-0.05, 0) is 40.5 Å². The number of carbonyl (C=O) groups is 3. The van der Waals surface area contributed by atoms with E-state index < -0.39 is 23.8 Å². The van der Waals surface area contributed by atoms with E-state index in [9.17, 15) is 14.4 Å². The topological polar surface area (TPSA) is 76.2 Å². The molecule has 2 heterocycles.